The smallest absolute Gasteiger partial charge is 0.416 e. The summed E-state index contributed by atoms with van der Waals surface area (Å²) >= 11 is 0. The number of hydrogen-bond donors (Lipinski definition) is 1. The summed E-state index contributed by atoms with van der Waals surface area (Å²) in [6, 6.07) is 8.02. The van der Waals surface area contributed by atoms with Crippen LogP contribution in [0, 0.1) is 19.3 Å². The molecule has 1 aromatic carbocycles. The first-order valence-electron chi connectivity index (χ1n) is 13.6. The second-order valence-electron chi connectivity index (χ2n) is 9.75. The Bertz CT molecular complexity index is 1380. The van der Waals surface area contributed by atoms with Crippen LogP contribution in [0.25, 0.3) is 11.1 Å². The molecule has 1 saturated heterocycles. The SMILES string of the molecule is C#CCCCCCCOc1ncc(-c2cc(NC(=O)c3cccc(C(F)(F)F)c3)cnc2C)cc1N1CCOCC1. The number of amides is 1. The Balaban J connectivity index is 1.53. The summed E-state index contributed by atoms with van der Waals surface area (Å²) in [5.74, 6) is 2.54. The van der Waals surface area contributed by atoms with Crippen molar-refractivity contribution in [3.63, 3.8) is 0 Å². The molecule has 4 rings (SSSR count). The van der Waals surface area contributed by atoms with Gasteiger partial charge in [0.2, 0.25) is 5.88 Å². The second kappa shape index (κ2) is 14.0. The van der Waals surface area contributed by atoms with Gasteiger partial charge in [0.25, 0.3) is 5.91 Å². The Morgan fingerprint density at radius 1 is 1.10 bits per heavy atom. The van der Waals surface area contributed by atoms with E-state index in [1.54, 1.807) is 12.3 Å². The standard InChI is InChI=1S/C31H33F3N4O3/c1-3-4-5-6-7-8-14-41-30-28(38-12-15-40-16-13-38)18-24(20-36-30)27-19-26(21-35-22(27)2)37-29(39)23-10-9-11-25(17-23)31(32,33)34/h1,9-11,17-21H,4-8,12-16H2,2H3,(H,37,39). The van der Waals surface area contributed by atoms with Crippen molar-refractivity contribution in [1.82, 2.24) is 9.97 Å². The van der Waals surface area contributed by atoms with Crippen LogP contribution >= 0.6 is 0 Å². The summed E-state index contributed by atoms with van der Waals surface area (Å²) in [5, 5.41) is 2.66. The van der Waals surface area contributed by atoms with E-state index in [4.69, 9.17) is 15.9 Å². The summed E-state index contributed by atoms with van der Waals surface area (Å²) in [4.78, 5) is 24.0. The number of anilines is 2. The lowest BCUT2D eigenvalue weighted by Gasteiger charge is -2.30. The first kappa shape index (κ1) is 29.9. The number of morpholine rings is 1. The van der Waals surface area contributed by atoms with Crippen LogP contribution in [0.1, 0.15) is 53.7 Å². The minimum Gasteiger partial charge on any atom is -0.476 e. The number of halogens is 3. The average molecular weight is 567 g/mol. The number of carbonyl (C=O) groups excluding carboxylic acids is 1. The largest absolute Gasteiger partial charge is 0.476 e. The molecule has 0 atom stereocenters. The highest BCUT2D eigenvalue weighted by atomic mass is 19.4. The van der Waals surface area contributed by atoms with Crippen LogP contribution in [-0.4, -0.2) is 48.8 Å². The molecule has 3 aromatic rings. The molecule has 0 bridgehead atoms. The summed E-state index contributed by atoms with van der Waals surface area (Å²) in [6.07, 6.45) is 8.72. The quantitative estimate of drug-likeness (QED) is 0.210. The number of ether oxygens (including phenoxy) is 2. The molecule has 7 nitrogen and oxygen atoms in total. The van der Waals surface area contributed by atoms with Crippen molar-refractivity contribution in [1.29, 1.82) is 0 Å². The molecule has 1 amide bonds. The summed E-state index contributed by atoms with van der Waals surface area (Å²) in [7, 11) is 0. The van der Waals surface area contributed by atoms with Crippen LogP contribution in [0.15, 0.2) is 48.8 Å². The van der Waals surface area contributed by atoms with Crippen molar-refractivity contribution in [2.24, 2.45) is 0 Å². The van der Waals surface area contributed by atoms with Crippen LogP contribution < -0.4 is 15.0 Å². The molecule has 2 aromatic heterocycles. The van der Waals surface area contributed by atoms with Gasteiger partial charge in [0, 0.05) is 48.1 Å². The molecule has 0 aliphatic carbocycles. The van der Waals surface area contributed by atoms with Crippen molar-refractivity contribution in [2.75, 3.05) is 43.1 Å². The zero-order valence-corrected chi connectivity index (χ0v) is 23.0. The number of rotatable bonds is 11. The highest BCUT2D eigenvalue weighted by Crippen LogP contribution is 2.34. The minimum atomic E-state index is -4.54. The molecule has 1 N–H and O–H groups in total. The Morgan fingerprint density at radius 2 is 1.88 bits per heavy atom. The third-order valence-electron chi connectivity index (χ3n) is 6.75. The summed E-state index contributed by atoms with van der Waals surface area (Å²) in [6.45, 7) is 4.95. The van der Waals surface area contributed by atoms with Gasteiger partial charge in [-0.1, -0.05) is 18.9 Å². The Labute approximate surface area is 238 Å². The molecular formula is C31H33F3N4O3. The third kappa shape index (κ3) is 8.21. The zero-order chi connectivity index (χ0) is 29.2. The first-order chi connectivity index (χ1) is 19.8. The van der Waals surface area contributed by atoms with Crippen LogP contribution in [0.4, 0.5) is 24.5 Å². The van der Waals surface area contributed by atoms with Crippen molar-refractivity contribution < 1.29 is 27.4 Å². The highest BCUT2D eigenvalue weighted by Gasteiger charge is 2.31. The fraction of sp³-hybridized carbons (Fsp3) is 0.387. The number of aryl methyl sites for hydroxylation is 1. The number of carbonyl (C=O) groups is 1. The van der Waals surface area contributed by atoms with Gasteiger partial charge in [0.1, 0.15) is 5.69 Å². The predicted octanol–water partition coefficient (Wildman–Crippen LogP) is 6.52. The van der Waals surface area contributed by atoms with E-state index < -0.39 is 17.6 Å². The number of nitrogens with zero attached hydrogens (tertiary/aromatic N) is 3. The van der Waals surface area contributed by atoms with E-state index in [1.165, 1.54) is 18.3 Å². The van der Waals surface area contributed by atoms with Crippen LogP contribution in [0.2, 0.25) is 0 Å². The van der Waals surface area contributed by atoms with Crippen molar-refractivity contribution >= 4 is 17.3 Å². The first-order valence-corrected chi connectivity index (χ1v) is 13.6. The molecule has 3 heterocycles. The average Bonchev–Trinajstić information content (AvgIpc) is 2.98. The molecule has 0 saturated carbocycles. The van der Waals surface area contributed by atoms with Gasteiger partial charge in [-0.25, -0.2) is 4.98 Å². The van der Waals surface area contributed by atoms with Gasteiger partial charge in [-0.2, -0.15) is 13.2 Å². The maximum Gasteiger partial charge on any atom is 0.416 e. The van der Waals surface area contributed by atoms with Gasteiger partial charge in [0.15, 0.2) is 0 Å². The van der Waals surface area contributed by atoms with Gasteiger partial charge >= 0.3 is 6.18 Å². The van der Waals surface area contributed by atoms with Gasteiger partial charge in [-0.05, 0) is 50.1 Å². The van der Waals surface area contributed by atoms with E-state index in [0.717, 1.165) is 61.1 Å². The molecule has 0 radical (unpaired) electrons. The van der Waals surface area contributed by atoms with E-state index in [2.05, 4.69) is 26.1 Å². The summed E-state index contributed by atoms with van der Waals surface area (Å²) < 4.78 is 50.9. The Hall–Kier alpha value is -4.10. The van der Waals surface area contributed by atoms with Gasteiger partial charge in [0.05, 0.1) is 37.3 Å². The molecule has 0 unspecified atom stereocenters. The highest BCUT2D eigenvalue weighted by molar-refractivity contribution is 6.04. The van der Waals surface area contributed by atoms with Gasteiger partial charge in [-0.15, -0.1) is 12.3 Å². The lowest BCUT2D eigenvalue weighted by atomic mass is 10.0. The molecule has 1 aliphatic rings. The fourth-order valence-corrected chi connectivity index (χ4v) is 4.52. The van der Waals surface area contributed by atoms with E-state index in [-0.39, 0.29) is 5.56 Å². The summed E-state index contributed by atoms with van der Waals surface area (Å²) in [5.41, 5.74) is 2.42. The van der Waals surface area contributed by atoms with Crippen LogP contribution in [-0.2, 0) is 10.9 Å². The second-order valence-corrected chi connectivity index (χ2v) is 9.75. The predicted molar refractivity (Wildman–Crippen MR) is 152 cm³/mol. The molecule has 0 spiro atoms. The minimum absolute atomic E-state index is 0.101. The topological polar surface area (TPSA) is 76.6 Å². The zero-order valence-electron chi connectivity index (χ0n) is 23.0. The van der Waals surface area contributed by atoms with Crippen molar-refractivity contribution in [3.05, 3.63) is 65.6 Å². The lowest BCUT2D eigenvalue weighted by Crippen LogP contribution is -2.36. The van der Waals surface area contributed by atoms with E-state index in [9.17, 15) is 18.0 Å². The maximum atomic E-state index is 13.1. The van der Waals surface area contributed by atoms with Gasteiger partial charge in [-0.3, -0.25) is 9.78 Å². The maximum absolute atomic E-state index is 13.1. The number of hydrogen-bond acceptors (Lipinski definition) is 6. The molecular weight excluding hydrogens is 533 g/mol. The number of benzene rings is 1. The monoisotopic (exact) mass is 566 g/mol. The van der Waals surface area contributed by atoms with Crippen molar-refractivity contribution in [3.8, 4) is 29.4 Å². The van der Waals surface area contributed by atoms with Gasteiger partial charge < -0.3 is 19.7 Å². The normalized spacial score (nSPS) is 13.5. The number of pyridine rings is 2. The molecule has 1 fully saturated rings. The lowest BCUT2D eigenvalue weighted by molar-refractivity contribution is -0.137. The van der Waals surface area contributed by atoms with E-state index >= 15 is 0 Å². The number of alkyl halides is 3. The Morgan fingerprint density at radius 3 is 2.63 bits per heavy atom. The van der Waals surface area contributed by atoms with Crippen LogP contribution in [0.3, 0.4) is 0 Å². The van der Waals surface area contributed by atoms with E-state index in [1.807, 2.05) is 13.0 Å². The third-order valence-corrected chi connectivity index (χ3v) is 6.75. The fourth-order valence-electron chi connectivity index (χ4n) is 4.52. The number of nitrogens with one attached hydrogen (secondary N) is 1. The molecule has 41 heavy (non-hydrogen) atoms. The van der Waals surface area contributed by atoms with E-state index in [0.29, 0.717) is 50.2 Å². The van der Waals surface area contributed by atoms with Crippen molar-refractivity contribution in [2.45, 2.75) is 45.2 Å². The number of terminal acetylenes is 1. The molecule has 216 valence electrons. The molecule has 1 aliphatic heterocycles. The van der Waals surface area contributed by atoms with Crippen LogP contribution in [0.5, 0.6) is 5.88 Å². The molecule has 10 heteroatoms. The Kier molecular flexibility index (Phi) is 10.2. The number of unbranched alkanes of at least 4 members (excludes halogenated alkanes) is 4. The number of aromatic nitrogens is 2.